The average molecular weight is 266 g/mol. The average Bonchev–Trinajstić information content (AvgIpc) is 2.02. The Balaban J connectivity index is 3.20. The minimum Gasteiger partial charge on any atom is -0.211 e. The van der Waals surface area contributed by atoms with Crippen molar-refractivity contribution >= 4 is 27.7 Å². The highest BCUT2D eigenvalue weighted by Gasteiger charge is 2.32. The van der Waals surface area contributed by atoms with Crippen molar-refractivity contribution in [1.29, 1.82) is 0 Å². The van der Waals surface area contributed by atoms with Crippen LogP contribution in [-0.4, -0.2) is 6.08 Å². The van der Waals surface area contributed by atoms with E-state index < -0.39 is 11.7 Å². The Morgan fingerprint density at radius 2 is 2.00 bits per heavy atom. The van der Waals surface area contributed by atoms with Gasteiger partial charge in [0.2, 0.25) is 6.08 Å². The number of rotatable bonds is 1. The fourth-order valence-corrected chi connectivity index (χ4v) is 1.45. The van der Waals surface area contributed by atoms with Crippen LogP contribution >= 0.6 is 15.9 Å². The van der Waals surface area contributed by atoms with Gasteiger partial charge >= 0.3 is 6.18 Å². The molecule has 0 N–H and O–H groups in total. The van der Waals surface area contributed by atoms with E-state index in [4.69, 9.17) is 0 Å². The predicted molar refractivity (Wildman–Crippen MR) is 46.9 cm³/mol. The number of hydrogen-bond donors (Lipinski definition) is 0. The van der Waals surface area contributed by atoms with E-state index in [1.807, 2.05) is 0 Å². The second-order valence-electron chi connectivity index (χ2n) is 2.36. The van der Waals surface area contributed by atoms with Gasteiger partial charge in [0.25, 0.3) is 0 Å². The zero-order valence-electron chi connectivity index (χ0n) is 6.60. The molecule has 1 aromatic rings. The molecule has 2 nitrogen and oxygen atoms in total. The van der Waals surface area contributed by atoms with E-state index in [2.05, 4.69) is 20.9 Å². The van der Waals surface area contributed by atoms with E-state index in [1.165, 1.54) is 6.08 Å². The Labute approximate surface area is 85.6 Å². The minimum absolute atomic E-state index is 0.125. The number of halogens is 4. The molecule has 1 rings (SSSR count). The van der Waals surface area contributed by atoms with Crippen LogP contribution in [0.4, 0.5) is 18.9 Å². The van der Waals surface area contributed by atoms with Gasteiger partial charge in [-0.15, -0.1) is 0 Å². The molecule has 0 unspecified atom stereocenters. The summed E-state index contributed by atoms with van der Waals surface area (Å²) in [5, 5.41) is 0. The summed E-state index contributed by atoms with van der Waals surface area (Å²) in [5.74, 6) is 0. The Morgan fingerprint density at radius 1 is 1.36 bits per heavy atom. The monoisotopic (exact) mass is 265 g/mol. The largest absolute Gasteiger partial charge is 0.417 e. The molecule has 74 valence electrons. The van der Waals surface area contributed by atoms with Crippen LogP contribution in [0.2, 0.25) is 0 Å². The summed E-state index contributed by atoms with van der Waals surface area (Å²) in [7, 11) is 0. The van der Waals surface area contributed by atoms with Gasteiger partial charge in [0.05, 0.1) is 11.3 Å². The van der Waals surface area contributed by atoms with Crippen molar-refractivity contribution in [2.75, 3.05) is 0 Å². The highest BCUT2D eigenvalue weighted by molar-refractivity contribution is 9.10. The molecule has 0 aromatic heterocycles. The number of hydrogen-bond acceptors (Lipinski definition) is 2. The third kappa shape index (κ3) is 2.43. The van der Waals surface area contributed by atoms with Gasteiger partial charge in [0, 0.05) is 4.47 Å². The summed E-state index contributed by atoms with van der Waals surface area (Å²) >= 11 is 2.74. The zero-order chi connectivity index (χ0) is 10.8. The molecule has 0 saturated carbocycles. The molecule has 0 bridgehead atoms. The van der Waals surface area contributed by atoms with Crippen LogP contribution in [0.5, 0.6) is 0 Å². The molecule has 0 aliphatic rings. The van der Waals surface area contributed by atoms with Gasteiger partial charge in [-0.25, -0.2) is 4.79 Å². The summed E-state index contributed by atoms with van der Waals surface area (Å²) in [6, 6.07) is 3.05. The summed E-state index contributed by atoms with van der Waals surface area (Å²) in [6.07, 6.45) is -3.17. The van der Waals surface area contributed by atoms with Crippen LogP contribution in [0.25, 0.3) is 0 Å². The Bertz CT molecular complexity index is 396. The Hall–Kier alpha value is -1.13. The molecule has 6 heteroatoms. The highest BCUT2D eigenvalue weighted by atomic mass is 79.9. The highest BCUT2D eigenvalue weighted by Crippen LogP contribution is 2.36. The molecular weight excluding hydrogens is 263 g/mol. The van der Waals surface area contributed by atoms with E-state index >= 15 is 0 Å². The van der Waals surface area contributed by atoms with Crippen molar-refractivity contribution in [2.45, 2.75) is 6.18 Å². The van der Waals surface area contributed by atoms with Crippen LogP contribution in [-0.2, 0) is 11.0 Å². The minimum atomic E-state index is -4.41. The molecule has 0 radical (unpaired) electrons. The SMILES string of the molecule is O=C=Nc1ccc(C(F)(F)F)c(Br)c1. The molecule has 14 heavy (non-hydrogen) atoms. The first-order valence-electron chi connectivity index (χ1n) is 3.40. The van der Waals surface area contributed by atoms with Crippen molar-refractivity contribution in [3.05, 3.63) is 28.2 Å². The van der Waals surface area contributed by atoms with E-state index in [0.29, 0.717) is 0 Å². The number of nitrogens with zero attached hydrogens (tertiary/aromatic N) is 1. The lowest BCUT2D eigenvalue weighted by Gasteiger charge is -2.08. The Kier molecular flexibility index (Phi) is 3.08. The van der Waals surface area contributed by atoms with Gasteiger partial charge < -0.3 is 0 Å². The fraction of sp³-hybridized carbons (Fsp3) is 0.125. The summed E-state index contributed by atoms with van der Waals surface area (Å²) in [4.78, 5) is 13.0. The number of aliphatic imine (C=N–C) groups is 1. The normalized spacial score (nSPS) is 10.9. The van der Waals surface area contributed by atoms with E-state index in [0.717, 1.165) is 18.2 Å². The van der Waals surface area contributed by atoms with Crippen LogP contribution in [0.1, 0.15) is 5.56 Å². The van der Waals surface area contributed by atoms with Crippen molar-refractivity contribution < 1.29 is 18.0 Å². The van der Waals surface area contributed by atoms with Gasteiger partial charge in [0.1, 0.15) is 0 Å². The second-order valence-corrected chi connectivity index (χ2v) is 3.22. The van der Waals surface area contributed by atoms with Gasteiger partial charge in [0.15, 0.2) is 0 Å². The predicted octanol–water partition coefficient (Wildman–Crippen LogP) is 3.44. The van der Waals surface area contributed by atoms with Crippen molar-refractivity contribution in [3.8, 4) is 0 Å². The first kappa shape index (κ1) is 10.9. The standard InChI is InChI=1S/C8H3BrF3NO/c9-7-3-5(13-4-14)1-2-6(7)8(10,11)12/h1-3H. The maximum Gasteiger partial charge on any atom is 0.417 e. The molecule has 0 fully saturated rings. The van der Waals surface area contributed by atoms with Gasteiger partial charge in [-0.1, -0.05) is 15.9 Å². The van der Waals surface area contributed by atoms with E-state index in [-0.39, 0.29) is 10.2 Å². The fourth-order valence-electron chi connectivity index (χ4n) is 0.856. The van der Waals surface area contributed by atoms with E-state index in [1.54, 1.807) is 0 Å². The van der Waals surface area contributed by atoms with Gasteiger partial charge in [-0.05, 0) is 18.2 Å². The lowest BCUT2D eigenvalue weighted by molar-refractivity contribution is -0.138. The third-order valence-electron chi connectivity index (χ3n) is 1.43. The molecule has 0 amide bonds. The molecule has 0 aliphatic carbocycles. The number of carbonyl (C=O) groups excluding carboxylic acids is 1. The molecule has 0 saturated heterocycles. The number of benzene rings is 1. The summed E-state index contributed by atoms with van der Waals surface area (Å²) in [5.41, 5.74) is -0.678. The first-order valence-corrected chi connectivity index (χ1v) is 4.19. The summed E-state index contributed by atoms with van der Waals surface area (Å²) in [6.45, 7) is 0. The van der Waals surface area contributed by atoms with Crippen molar-refractivity contribution in [1.82, 2.24) is 0 Å². The molecular formula is C8H3BrF3NO. The molecule has 0 heterocycles. The Morgan fingerprint density at radius 3 is 2.43 bits per heavy atom. The first-order chi connectivity index (χ1) is 6.45. The smallest absolute Gasteiger partial charge is 0.211 e. The lowest BCUT2D eigenvalue weighted by atomic mass is 10.2. The topological polar surface area (TPSA) is 29.4 Å². The summed E-state index contributed by atoms with van der Waals surface area (Å²) < 4.78 is 36.5. The van der Waals surface area contributed by atoms with Crippen LogP contribution < -0.4 is 0 Å². The zero-order valence-corrected chi connectivity index (χ0v) is 8.19. The number of alkyl halides is 3. The second kappa shape index (κ2) is 3.94. The van der Waals surface area contributed by atoms with E-state index in [9.17, 15) is 18.0 Å². The maximum atomic E-state index is 12.2. The van der Waals surface area contributed by atoms with Crippen molar-refractivity contribution in [3.63, 3.8) is 0 Å². The maximum absolute atomic E-state index is 12.2. The van der Waals surface area contributed by atoms with Gasteiger partial charge in [-0.3, -0.25) is 0 Å². The van der Waals surface area contributed by atoms with Crippen LogP contribution in [0, 0.1) is 0 Å². The quantitative estimate of drug-likeness (QED) is 0.565. The molecule has 0 aliphatic heterocycles. The third-order valence-corrected chi connectivity index (χ3v) is 2.09. The van der Waals surface area contributed by atoms with Crippen LogP contribution in [0.3, 0.4) is 0 Å². The number of isocyanates is 1. The molecule has 0 atom stereocenters. The van der Waals surface area contributed by atoms with Gasteiger partial charge in [-0.2, -0.15) is 18.2 Å². The molecule has 0 spiro atoms. The molecule has 1 aromatic carbocycles. The van der Waals surface area contributed by atoms with Crippen molar-refractivity contribution in [2.24, 2.45) is 4.99 Å². The van der Waals surface area contributed by atoms with Crippen LogP contribution in [0.15, 0.2) is 27.7 Å². The lowest BCUT2D eigenvalue weighted by Crippen LogP contribution is -2.05.